The zero-order chi connectivity index (χ0) is 21.8. The number of allylic oxidation sites excluding steroid dienone is 2. The lowest BCUT2D eigenvalue weighted by Gasteiger charge is -2.42. The molecule has 0 radical (unpaired) electrons. The number of ether oxygens (including phenoxy) is 1. The van der Waals surface area contributed by atoms with Crippen LogP contribution < -0.4 is 4.31 Å². The Kier molecular flexibility index (Phi) is 5.66. The Balaban J connectivity index is 1.61. The summed E-state index contributed by atoms with van der Waals surface area (Å²) in [7, 11) is -3.83. The van der Waals surface area contributed by atoms with E-state index in [1.807, 2.05) is 23.9 Å². The summed E-state index contributed by atoms with van der Waals surface area (Å²) in [5.74, 6) is 2.28. The molecule has 2 heterocycles. The van der Waals surface area contributed by atoms with Crippen molar-refractivity contribution in [2.24, 2.45) is 5.92 Å². The highest BCUT2D eigenvalue weighted by molar-refractivity contribution is 9.10. The fourth-order valence-corrected chi connectivity index (χ4v) is 9.10. The van der Waals surface area contributed by atoms with E-state index >= 15 is 0 Å². The predicted octanol–water partition coefficient (Wildman–Crippen LogP) is 5.59. The molecular formula is C22H24BrF2NO3S2. The molecule has 0 bridgehead atoms. The Morgan fingerprint density at radius 2 is 1.97 bits per heavy atom. The van der Waals surface area contributed by atoms with Gasteiger partial charge < -0.3 is 4.74 Å². The van der Waals surface area contributed by atoms with Gasteiger partial charge >= 0.3 is 6.61 Å². The Morgan fingerprint density at radius 3 is 2.65 bits per heavy atom. The molecule has 2 aliphatic carbocycles. The second-order valence-electron chi connectivity index (χ2n) is 8.68. The molecule has 5 rings (SSSR count). The third-order valence-corrected chi connectivity index (χ3v) is 10.4. The summed E-state index contributed by atoms with van der Waals surface area (Å²) in [6, 6.07) is 5.78. The van der Waals surface area contributed by atoms with Crippen molar-refractivity contribution in [2.75, 3.05) is 15.8 Å². The number of alkyl halides is 2. The first-order valence-electron chi connectivity index (χ1n) is 10.6. The van der Waals surface area contributed by atoms with Gasteiger partial charge in [0.05, 0.1) is 11.7 Å². The summed E-state index contributed by atoms with van der Waals surface area (Å²) in [4.78, 5) is 0. The Labute approximate surface area is 194 Å². The van der Waals surface area contributed by atoms with Crippen LogP contribution in [0.4, 0.5) is 14.5 Å². The van der Waals surface area contributed by atoms with Gasteiger partial charge in [0.15, 0.2) is 0 Å². The molecule has 4 nitrogen and oxygen atoms in total. The molecule has 168 valence electrons. The Morgan fingerprint density at radius 1 is 1.23 bits per heavy atom. The molecule has 1 saturated heterocycles. The maximum absolute atomic E-state index is 14.0. The molecule has 1 aromatic rings. The second kappa shape index (κ2) is 8.06. The number of thioether (sulfide) groups is 1. The standard InChI is InChI=1S/C22H24BrF2NO3S2/c23-15-6-7-19-18(12-15)22(8-10-30-11-9-22)20(14-4-5-14)26(19)31(27,28)17-3-1-2-16(13-17)29-21(24)25/h1-2,6-7,12-14,17,20-21H,3-5,8-11H2. The topological polar surface area (TPSA) is 46.6 Å². The Hall–Kier alpha value is -1.06. The van der Waals surface area contributed by atoms with E-state index in [4.69, 9.17) is 0 Å². The molecule has 4 aliphatic rings. The number of benzene rings is 1. The fraction of sp³-hybridized carbons (Fsp3) is 0.545. The number of halogens is 3. The monoisotopic (exact) mass is 531 g/mol. The minimum Gasteiger partial charge on any atom is -0.435 e. The van der Waals surface area contributed by atoms with Crippen molar-refractivity contribution < 1.29 is 21.9 Å². The lowest BCUT2D eigenvalue weighted by molar-refractivity contribution is -0.0924. The molecule has 2 aliphatic heterocycles. The van der Waals surface area contributed by atoms with E-state index < -0.39 is 21.9 Å². The lowest BCUT2D eigenvalue weighted by atomic mass is 9.70. The van der Waals surface area contributed by atoms with Gasteiger partial charge in [0.2, 0.25) is 10.0 Å². The van der Waals surface area contributed by atoms with Gasteiger partial charge in [-0.15, -0.1) is 0 Å². The van der Waals surface area contributed by atoms with Gasteiger partial charge in [0, 0.05) is 9.89 Å². The van der Waals surface area contributed by atoms with Crippen LogP contribution in [0.1, 0.15) is 37.7 Å². The predicted molar refractivity (Wildman–Crippen MR) is 123 cm³/mol. The van der Waals surface area contributed by atoms with Gasteiger partial charge in [0.1, 0.15) is 11.0 Å². The third-order valence-electron chi connectivity index (χ3n) is 6.89. The molecule has 31 heavy (non-hydrogen) atoms. The smallest absolute Gasteiger partial charge is 0.387 e. The first-order chi connectivity index (χ1) is 14.8. The van der Waals surface area contributed by atoms with E-state index in [0.717, 1.165) is 52.9 Å². The van der Waals surface area contributed by atoms with Crippen LogP contribution in [0.5, 0.6) is 0 Å². The molecule has 0 N–H and O–H groups in total. The zero-order valence-corrected chi connectivity index (χ0v) is 20.1. The van der Waals surface area contributed by atoms with Gasteiger partial charge in [0.25, 0.3) is 0 Å². The van der Waals surface area contributed by atoms with Crippen molar-refractivity contribution in [3.05, 3.63) is 52.2 Å². The molecule has 1 aromatic carbocycles. The quantitative estimate of drug-likeness (QED) is 0.496. The molecule has 2 atom stereocenters. The Bertz CT molecular complexity index is 1030. The average Bonchev–Trinajstić information content (AvgIpc) is 3.53. The van der Waals surface area contributed by atoms with E-state index in [1.54, 1.807) is 10.4 Å². The van der Waals surface area contributed by atoms with Crippen LogP contribution in [0.2, 0.25) is 0 Å². The average molecular weight is 532 g/mol. The van der Waals surface area contributed by atoms with Gasteiger partial charge in [-0.1, -0.05) is 22.0 Å². The largest absolute Gasteiger partial charge is 0.435 e. The molecule has 0 amide bonds. The van der Waals surface area contributed by atoms with Crippen LogP contribution in [0.3, 0.4) is 0 Å². The zero-order valence-electron chi connectivity index (χ0n) is 16.8. The first-order valence-corrected chi connectivity index (χ1v) is 14.0. The summed E-state index contributed by atoms with van der Waals surface area (Å²) in [5, 5.41) is -0.919. The van der Waals surface area contributed by atoms with Crippen molar-refractivity contribution >= 4 is 43.4 Å². The maximum atomic E-state index is 14.0. The van der Waals surface area contributed by atoms with E-state index in [-0.39, 0.29) is 23.6 Å². The van der Waals surface area contributed by atoms with E-state index in [0.29, 0.717) is 5.92 Å². The number of hydrogen-bond donors (Lipinski definition) is 0. The van der Waals surface area contributed by atoms with Crippen LogP contribution >= 0.6 is 27.7 Å². The number of nitrogens with zero attached hydrogens (tertiary/aromatic N) is 1. The van der Waals surface area contributed by atoms with Gasteiger partial charge in [-0.05, 0) is 85.4 Å². The van der Waals surface area contributed by atoms with E-state index in [2.05, 4.69) is 26.7 Å². The summed E-state index contributed by atoms with van der Waals surface area (Å²) >= 11 is 5.51. The van der Waals surface area contributed by atoms with Crippen LogP contribution in [0.25, 0.3) is 0 Å². The molecule has 9 heteroatoms. The van der Waals surface area contributed by atoms with Gasteiger partial charge in [-0.2, -0.15) is 20.5 Å². The van der Waals surface area contributed by atoms with Gasteiger partial charge in [-0.25, -0.2) is 8.42 Å². The van der Waals surface area contributed by atoms with Crippen LogP contribution in [0, 0.1) is 5.92 Å². The molecule has 0 aromatic heterocycles. The van der Waals surface area contributed by atoms with Crippen molar-refractivity contribution in [1.29, 1.82) is 0 Å². The molecular weight excluding hydrogens is 508 g/mol. The second-order valence-corrected chi connectivity index (χ2v) is 12.8. The number of hydrogen-bond acceptors (Lipinski definition) is 4. The van der Waals surface area contributed by atoms with Crippen molar-refractivity contribution in [3.8, 4) is 0 Å². The molecule has 2 unspecified atom stereocenters. The highest BCUT2D eigenvalue weighted by Gasteiger charge is 2.60. The SMILES string of the molecule is O=S(=O)(C1C=C(OC(F)F)C=CC1)N1c2ccc(Br)cc2C2(CCSCC2)C1C1CC1. The number of fused-ring (bicyclic) bond motifs is 2. The first kappa shape index (κ1) is 21.8. The normalized spacial score (nSPS) is 27.5. The van der Waals surface area contributed by atoms with Gasteiger partial charge in [-0.3, -0.25) is 4.31 Å². The van der Waals surface area contributed by atoms with Crippen LogP contribution in [0.15, 0.2) is 46.7 Å². The fourth-order valence-electron chi connectivity index (χ4n) is 5.44. The molecule has 2 fully saturated rings. The minimum atomic E-state index is -3.83. The summed E-state index contributed by atoms with van der Waals surface area (Å²) in [6.07, 6.45) is 8.58. The number of rotatable bonds is 5. The van der Waals surface area contributed by atoms with Crippen LogP contribution in [-0.4, -0.2) is 37.8 Å². The summed E-state index contributed by atoms with van der Waals surface area (Å²) < 4.78 is 60.6. The lowest BCUT2D eigenvalue weighted by Crippen LogP contribution is -2.52. The van der Waals surface area contributed by atoms with E-state index in [9.17, 15) is 17.2 Å². The molecule has 1 saturated carbocycles. The summed E-state index contributed by atoms with van der Waals surface area (Å²) in [5.41, 5.74) is 1.68. The highest BCUT2D eigenvalue weighted by Crippen LogP contribution is 2.59. The maximum Gasteiger partial charge on any atom is 0.387 e. The minimum absolute atomic E-state index is 0.0863. The highest BCUT2D eigenvalue weighted by atomic mass is 79.9. The van der Waals surface area contributed by atoms with Crippen molar-refractivity contribution in [2.45, 2.75) is 55.4 Å². The van der Waals surface area contributed by atoms with Crippen molar-refractivity contribution in [1.82, 2.24) is 0 Å². The van der Waals surface area contributed by atoms with Crippen molar-refractivity contribution in [3.63, 3.8) is 0 Å². The molecule has 1 spiro atoms. The van der Waals surface area contributed by atoms with E-state index in [1.165, 1.54) is 12.2 Å². The number of sulfonamides is 1. The summed E-state index contributed by atoms with van der Waals surface area (Å²) in [6.45, 7) is -2.98. The third kappa shape index (κ3) is 3.74. The number of anilines is 1. The van der Waals surface area contributed by atoms with Crippen LogP contribution in [-0.2, 0) is 20.2 Å².